The monoisotopic (exact) mass is 304 g/mol. The molecule has 0 aromatic carbocycles. The molecule has 0 spiro atoms. The number of hydrogen-bond acceptors (Lipinski definition) is 4. The molecule has 2 aromatic heterocycles. The maximum absolute atomic E-state index is 4.68. The van der Waals surface area contributed by atoms with Crippen molar-refractivity contribution in [1.29, 1.82) is 0 Å². The van der Waals surface area contributed by atoms with Crippen molar-refractivity contribution in [2.24, 2.45) is 0 Å². The van der Waals surface area contributed by atoms with E-state index >= 15 is 0 Å². The second kappa shape index (κ2) is 6.18. The van der Waals surface area contributed by atoms with Crippen molar-refractivity contribution in [2.75, 3.05) is 5.32 Å². The molecule has 0 amide bonds. The Kier molecular flexibility index (Phi) is 4.29. The third kappa shape index (κ3) is 3.12. The molecule has 0 saturated heterocycles. The van der Waals surface area contributed by atoms with Gasteiger partial charge >= 0.3 is 0 Å². The summed E-state index contributed by atoms with van der Waals surface area (Å²) in [6.45, 7) is 6.44. The van der Waals surface area contributed by atoms with Crippen LogP contribution in [0, 0.1) is 6.92 Å². The minimum absolute atomic E-state index is 0.236. The van der Waals surface area contributed by atoms with Crippen LogP contribution in [0.25, 0.3) is 0 Å². The van der Waals surface area contributed by atoms with Crippen LogP contribution in [0.5, 0.6) is 0 Å². The maximum Gasteiger partial charge on any atom is 0.203 e. The number of hydrogen-bond donors (Lipinski definition) is 1. The zero-order valence-corrected chi connectivity index (χ0v) is 13.9. The van der Waals surface area contributed by atoms with Gasteiger partial charge in [-0.1, -0.05) is 19.8 Å². The number of thiazole rings is 1. The topological polar surface area (TPSA) is 42.7 Å². The van der Waals surface area contributed by atoms with Crippen molar-refractivity contribution >= 4 is 17.3 Å². The molecule has 1 fully saturated rings. The van der Waals surface area contributed by atoms with Crippen LogP contribution in [0.2, 0.25) is 0 Å². The predicted octanol–water partition coefficient (Wildman–Crippen LogP) is 4.17. The molecule has 1 unspecified atom stereocenters. The van der Waals surface area contributed by atoms with Crippen molar-refractivity contribution in [1.82, 2.24) is 14.5 Å². The largest absolute Gasteiger partial charge is 0.353 e. The van der Waals surface area contributed by atoms with E-state index in [1.54, 1.807) is 0 Å². The first-order valence-electron chi connectivity index (χ1n) is 7.94. The Bertz CT molecular complexity index is 595. The molecule has 5 heteroatoms. The molecule has 4 nitrogen and oxygen atoms in total. The van der Waals surface area contributed by atoms with Gasteiger partial charge in [0.25, 0.3) is 0 Å². The lowest BCUT2D eigenvalue weighted by Crippen LogP contribution is -2.19. The highest BCUT2D eigenvalue weighted by Crippen LogP contribution is 2.28. The van der Waals surface area contributed by atoms with Gasteiger partial charge in [-0.15, -0.1) is 11.3 Å². The van der Waals surface area contributed by atoms with E-state index in [1.165, 1.54) is 35.6 Å². The highest BCUT2D eigenvalue weighted by atomic mass is 32.1. The quantitative estimate of drug-likeness (QED) is 0.901. The van der Waals surface area contributed by atoms with Gasteiger partial charge in [-0.05, 0) is 33.1 Å². The van der Waals surface area contributed by atoms with E-state index in [-0.39, 0.29) is 6.04 Å². The molecule has 0 bridgehead atoms. The van der Waals surface area contributed by atoms with Crippen LogP contribution < -0.4 is 5.32 Å². The first-order chi connectivity index (χ1) is 10.2. The minimum atomic E-state index is 0.236. The Balaban J connectivity index is 1.82. The lowest BCUT2D eigenvalue weighted by Gasteiger charge is -2.18. The van der Waals surface area contributed by atoms with Crippen molar-refractivity contribution in [3.05, 3.63) is 28.0 Å². The molecule has 3 rings (SSSR count). The Labute approximate surface area is 130 Å². The zero-order chi connectivity index (χ0) is 14.8. The van der Waals surface area contributed by atoms with E-state index in [1.807, 2.05) is 17.5 Å². The smallest absolute Gasteiger partial charge is 0.203 e. The van der Waals surface area contributed by atoms with Crippen LogP contribution in [0.3, 0.4) is 0 Å². The second-order valence-corrected chi connectivity index (χ2v) is 7.08. The number of aromatic nitrogens is 3. The van der Waals surface area contributed by atoms with Crippen LogP contribution in [-0.2, 0) is 6.42 Å². The summed E-state index contributed by atoms with van der Waals surface area (Å²) in [5, 5.41) is 4.80. The number of imidazole rings is 1. The summed E-state index contributed by atoms with van der Waals surface area (Å²) < 4.78 is 2.24. The molecular formula is C16H24N4S. The van der Waals surface area contributed by atoms with Gasteiger partial charge in [-0.25, -0.2) is 9.97 Å². The molecule has 1 N–H and O–H groups in total. The summed E-state index contributed by atoms with van der Waals surface area (Å²) in [5.41, 5.74) is 1.06. The number of anilines is 1. The van der Waals surface area contributed by atoms with E-state index in [0.717, 1.165) is 18.1 Å². The highest BCUT2D eigenvalue weighted by molar-refractivity contribution is 7.11. The number of nitrogens with zero attached hydrogens (tertiary/aromatic N) is 3. The third-order valence-corrected chi connectivity index (χ3v) is 5.55. The number of aryl methyl sites for hydroxylation is 2. The molecule has 0 radical (unpaired) electrons. The van der Waals surface area contributed by atoms with Crippen molar-refractivity contribution in [3.63, 3.8) is 0 Å². The fraction of sp³-hybridized carbons (Fsp3) is 0.625. The van der Waals surface area contributed by atoms with E-state index in [4.69, 9.17) is 0 Å². The maximum atomic E-state index is 4.68. The summed E-state index contributed by atoms with van der Waals surface area (Å²) in [6.07, 6.45) is 10.4. The molecular weight excluding hydrogens is 280 g/mol. The average molecular weight is 304 g/mol. The predicted molar refractivity (Wildman–Crippen MR) is 88.1 cm³/mol. The zero-order valence-electron chi connectivity index (χ0n) is 13.1. The van der Waals surface area contributed by atoms with Crippen LogP contribution in [0.1, 0.15) is 61.2 Å². The van der Waals surface area contributed by atoms with E-state index in [2.05, 4.69) is 46.8 Å². The molecule has 2 heterocycles. The van der Waals surface area contributed by atoms with Gasteiger partial charge in [0.2, 0.25) is 5.95 Å². The third-order valence-electron chi connectivity index (χ3n) is 4.24. The molecule has 1 aliphatic rings. The van der Waals surface area contributed by atoms with Crippen molar-refractivity contribution < 1.29 is 0 Å². The lowest BCUT2D eigenvalue weighted by atomic mass is 10.2. The van der Waals surface area contributed by atoms with Crippen LogP contribution in [-0.4, -0.2) is 20.6 Å². The fourth-order valence-corrected chi connectivity index (χ4v) is 3.88. The molecule has 0 aliphatic heterocycles. The Morgan fingerprint density at radius 2 is 2.19 bits per heavy atom. The standard InChI is InChI=1S/C16H24N4S/c1-4-14-9-17-15(21-14)12(3)20-10-11(2)18-16(20)19-13-7-5-6-8-13/h9-10,12-13H,4-8H2,1-3H3,(H,18,19). The normalized spacial score (nSPS) is 17.3. The van der Waals surface area contributed by atoms with Crippen molar-refractivity contribution in [2.45, 2.75) is 65.0 Å². The molecule has 21 heavy (non-hydrogen) atoms. The van der Waals surface area contributed by atoms with Gasteiger partial charge in [-0.2, -0.15) is 0 Å². The van der Waals surface area contributed by atoms with Gasteiger partial charge in [0.15, 0.2) is 0 Å². The summed E-state index contributed by atoms with van der Waals surface area (Å²) >= 11 is 1.81. The van der Waals surface area contributed by atoms with Gasteiger partial charge in [0.1, 0.15) is 5.01 Å². The average Bonchev–Trinajstić information content (AvgIpc) is 3.19. The molecule has 2 aromatic rings. The van der Waals surface area contributed by atoms with Gasteiger partial charge < -0.3 is 9.88 Å². The Morgan fingerprint density at radius 3 is 2.86 bits per heavy atom. The fourth-order valence-electron chi connectivity index (χ4n) is 2.97. The molecule has 114 valence electrons. The summed E-state index contributed by atoms with van der Waals surface area (Å²) in [4.78, 5) is 10.6. The Morgan fingerprint density at radius 1 is 1.43 bits per heavy atom. The molecule has 1 aliphatic carbocycles. The van der Waals surface area contributed by atoms with Crippen molar-refractivity contribution in [3.8, 4) is 0 Å². The number of nitrogens with one attached hydrogen (secondary N) is 1. The lowest BCUT2D eigenvalue weighted by molar-refractivity contribution is 0.626. The van der Waals surface area contributed by atoms with Crippen LogP contribution in [0.15, 0.2) is 12.4 Å². The SMILES string of the molecule is CCc1cnc(C(C)n2cc(C)nc2NC2CCCC2)s1. The van der Waals surface area contributed by atoms with E-state index < -0.39 is 0 Å². The van der Waals surface area contributed by atoms with E-state index in [9.17, 15) is 0 Å². The molecule has 1 saturated carbocycles. The van der Waals surface area contributed by atoms with Gasteiger partial charge in [-0.3, -0.25) is 0 Å². The van der Waals surface area contributed by atoms with Crippen LogP contribution in [0.4, 0.5) is 5.95 Å². The second-order valence-electron chi connectivity index (χ2n) is 5.93. The number of rotatable bonds is 5. The summed E-state index contributed by atoms with van der Waals surface area (Å²) in [7, 11) is 0. The first-order valence-corrected chi connectivity index (χ1v) is 8.75. The first kappa shape index (κ1) is 14.6. The summed E-state index contributed by atoms with van der Waals surface area (Å²) in [5.74, 6) is 1.00. The van der Waals surface area contributed by atoms with Gasteiger partial charge in [0.05, 0.1) is 11.7 Å². The summed E-state index contributed by atoms with van der Waals surface area (Å²) in [6, 6.07) is 0.820. The minimum Gasteiger partial charge on any atom is -0.353 e. The highest BCUT2D eigenvalue weighted by Gasteiger charge is 2.20. The van der Waals surface area contributed by atoms with Gasteiger partial charge in [0, 0.05) is 23.3 Å². The van der Waals surface area contributed by atoms with Crippen LogP contribution >= 0.6 is 11.3 Å². The molecule has 1 atom stereocenters. The Hall–Kier alpha value is -1.36. The van der Waals surface area contributed by atoms with E-state index in [0.29, 0.717) is 6.04 Å².